The highest BCUT2D eigenvalue weighted by Crippen LogP contribution is 2.39. The standard InChI is InChI=1S/C20H20N2O4S3/c1-14-7-9-17(10-8-14)29(25,26)18-19(27-20(21-18)28(2,23)24)22-12-11-15-5-3-4-6-16(15)13-22/h3-10H,11-13H2,1-2H3. The predicted molar refractivity (Wildman–Crippen MR) is 113 cm³/mol. The van der Waals surface area contributed by atoms with Crippen molar-refractivity contribution in [2.24, 2.45) is 0 Å². The van der Waals surface area contributed by atoms with Crippen LogP contribution in [-0.4, -0.2) is 34.6 Å². The number of rotatable bonds is 4. The maximum atomic E-state index is 13.3. The number of thiazole rings is 1. The van der Waals surface area contributed by atoms with Gasteiger partial charge >= 0.3 is 0 Å². The van der Waals surface area contributed by atoms with Gasteiger partial charge in [-0.15, -0.1) is 0 Å². The summed E-state index contributed by atoms with van der Waals surface area (Å²) in [6, 6.07) is 14.5. The van der Waals surface area contributed by atoms with Crippen molar-refractivity contribution in [2.75, 3.05) is 17.7 Å². The molecule has 0 fully saturated rings. The van der Waals surface area contributed by atoms with Gasteiger partial charge in [-0.05, 0) is 36.6 Å². The first-order valence-electron chi connectivity index (χ1n) is 9.00. The Morgan fingerprint density at radius 2 is 1.62 bits per heavy atom. The summed E-state index contributed by atoms with van der Waals surface area (Å²) in [5.41, 5.74) is 3.26. The van der Waals surface area contributed by atoms with Crippen molar-refractivity contribution in [1.82, 2.24) is 4.98 Å². The Hall–Kier alpha value is -2.23. The number of benzene rings is 2. The van der Waals surface area contributed by atoms with E-state index in [1.54, 1.807) is 12.1 Å². The number of aryl methyl sites for hydroxylation is 1. The number of hydrogen-bond acceptors (Lipinski definition) is 7. The van der Waals surface area contributed by atoms with Crippen LogP contribution in [0.25, 0.3) is 0 Å². The van der Waals surface area contributed by atoms with Gasteiger partial charge in [0.1, 0.15) is 5.00 Å². The van der Waals surface area contributed by atoms with E-state index in [-0.39, 0.29) is 14.3 Å². The summed E-state index contributed by atoms with van der Waals surface area (Å²) in [5.74, 6) is 0. The topological polar surface area (TPSA) is 84.4 Å². The molecular weight excluding hydrogens is 428 g/mol. The van der Waals surface area contributed by atoms with E-state index in [0.717, 1.165) is 35.1 Å². The van der Waals surface area contributed by atoms with E-state index in [1.807, 2.05) is 30.0 Å². The van der Waals surface area contributed by atoms with Crippen LogP contribution in [0.4, 0.5) is 5.00 Å². The molecule has 0 bridgehead atoms. The Bertz CT molecular complexity index is 1280. The van der Waals surface area contributed by atoms with Crippen molar-refractivity contribution in [2.45, 2.75) is 34.2 Å². The molecule has 0 unspecified atom stereocenters. The third kappa shape index (κ3) is 3.82. The normalized spacial score (nSPS) is 14.6. The fourth-order valence-corrected chi connectivity index (χ4v) is 6.99. The molecule has 0 aliphatic carbocycles. The summed E-state index contributed by atoms with van der Waals surface area (Å²) in [6.07, 6.45) is 1.80. The molecule has 1 aromatic heterocycles. The van der Waals surface area contributed by atoms with Gasteiger partial charge in [-0.3, -0.25) is 0 Å². The van der Waals surface area contributed by atoms with E-state index in [4.69, 9.17) is 0 Å². The SMILES string of the molecule is Cc1ccc(S(=O)(=O)c2nc(S(C)(=O)=O)sc2N2CCc3ccccc3C2)cc1. The molecule has 4 rings (SSSR count). The second kappa shape index (κ2) is 7.23. The number of nitrogens with zero attached hydrogens (tertiary/aromatic N) is 2. The molecule has 2 aromatic carbocycles. The van der Waals surface area contributed by atoms with Crippen molar-refractivity contribution in [3.63, 3.8) is 0 Å². The van der Waals surface area contributed by atoms with Crippen LogP contribution in [0.2, 0.25) is 0 Å². The lowest BCUT2D eigenvalue weighted by molar-refractivity contribution is 0.589. The second-order valence-corrected chi connectivity index (χ2v) is 12.2. The highest BCUT2D eigenvalue weighted by molar-refractivity contribution is 7.93. The number of fused-ring (bicyclic) bond motifs is 1. The van der Waals surface area contributed by atoms with Crippen LogP contribution < -0.4 is 4.90 Å². The first-order valence-corrected chi connectivity index (χ1v) is 13.2. The average Bonchev–Trinajstić information content (AvgIpc) is 3.15. The number of hydrogen-bond donors (Lipinski definition) is 0. The van der Waals surface area contributed by atoms with E-state index >= 15 is 0 Å². The Morgan fingerprint density at radius 1 is 0.966 bits per heavy atom. The first kappa shape index (κ1) is 20.1. The zero-order chi connectivity index (χ0) is 20.8. The van der Waals surface area contributed by atoms with Crippen LogP contribution in [-0.2, 0) is 32.6 Å². The zero-order valence-electron chi connectivity index (χ0n) is 16.0. The molecule has 0 radical (unpaired) electrons. The van der Waals surface area contributed by atoms with Gasteiger partial charge in [-0.1, -0.05) is 53.3 Å². The Labute approximate surface area is 174 Å². The van der Waals surface area contributed by atoms with Crippen molar-refractivity contribution in [1.29, 1.82) is 0 Å². The highest BCUT2D eigenvalue weighted by Gasteiger charge is 2.32. The minimum absolute atomic E-state index is 0.104. The van der Waals surface area contributed by atoms with E-state index in [9.17, 15) is 16.8 Å². The molecule has 0 saturated carbocycles. The lowest BCUT2D eigenvalue weighted by atomic mass is 10.0. The molecule has 0 saturated heterocycles. The lowest BCUT2D eigenvalue weighted by Crippen LogP contribution is -2.30. The molecule has 1 aliphatic rings. The minimum Gasteiger partial charge on any atom is -0.356 e. The van der Waals surface area contributed by atoms with E-state index in [1.165, 1.54) is 17.7 Å². The van der Waals surface area contributed by atoms with Crippen LogP contribution >= 0.6 is 11.3 Å². The van der Waals surface area contributed by atoms with Gasteiger partial charge in [0, 0.05) is 19.3 Å². The van der Waals surface area contributed by atoms with Crippen molar-refractivity contribution in [3.8, 4) is 0 Å². The Morgan fingerprint density at radius 3 is 2.28 bits per heavy atom. The first-order chi connectivity index (χ1) is 13.7. The zero-order valence-corrected chi connectivity index (χ0v) is 18.4. The molecule has 2 heterocycles. The van der Waals surface area contributed by atoms with Gasteiger partial charge in [0.05, 0.1) is 4.90 Å². The molecule has 3 aromatic rings. The number of aromatic nitrogens is 1. The lowest BCUT2D eigenvalue weighted by Gasteiger charge is -2.29. The fraction of sp³-hybridized carbons (Fsp3) is 0.250. The number of anilines is 1. The summed E-state index contributed by atoms with van der Waals surface area (Å²) in [7, 11) is -7.60. The minimum atomic E-state index is -3.96. The van der Waals surface area contributed by atoms with Gasteiger partial charge in [0.15, 0.2) is 5.03 Å². The molecule has 0 N–H and O–H groups in total. The monoisotopic (exact) mass is 448 g/mol. The Kier molecular flexibility index (Phi) is 5.00. The van der Waals surface area contributed by atoms with Crippen LogP contribution in [0, 0.1) is 6.92 Å². The molecule has 1 aliphatic heterocycles. The number of sulfone groups is 2. The van der Waals surface area contributed by atoms with E-state index in [2.05, 4.69) is 11.1 Å². The summed E-state index contributed by atoms with van der Waals surface area (Å²) in [5, 5.41) is 0.187. The molecule has 29 heavy (non-hydrogen) atoms. The van der Waals surface area contributed by atoms with Crippen molar-refractivity contribution < 1.29 is 16.8 Å². The van der Waals surface area contributed by atoms with Crippen LogP contribution in [0.1, 0.15) is 16.7 Å². The largest absolute Gasteiger partial charge is 0.356 e. The van der Waals surface area contributed by atoms with Crippen LogP contribution in [0.5, 0.6) is 0 Å². The van der Waals surface area contributed by atoms with E-state index in [0.29, 0.717) is 18.1 Å². The smallest absolute Gasteiger partial charge is 0.226 e. The molecule has 0 atom stereocenters. The molecule has 0 amide bonds. The predicted octanol–water partition coefficient (Wildman–Crippen LogP) is 3.25. The molecule has 9 heteroatoms. The fourth-order valence-electron chi connectivity index (χ4n) is 3.31. The summed E-state index contributed by atoms with van der Waals surface area (Å²) in [6.45, 7) is 2.98. The maximum Gasteiger partial charge on any atom is 0.226 e. The van der Waals surface area contributed by atoms with Crippen LogP contribution in [0.15, 0.2) is 62.8 Å². The Balaban J connectivity index is 1.84. The third-order valence-electron chi connectivity index (χ3n) is 4.88. The van der Waals surface area contributed by atoms with Gasteiger partial charge < -0.3 is 4.90 Å². The third-order valence-corrected chi connectivity index (χ3v) is 9.49. The maximum absolute atomic E-state index is 13.3. The highest BCUT2D eigenvalue weighted by atomic mass is 32.2. The summed E-state index contributed by atoms with van der Waals surface area (Å²) < 4.78 is 50.7. The molecule has 6 nitrogen and oxygen atoms in total. The quantitative estimate of drug-likeness (QED) is 0.609. The summed E-state index contributed by atoms with van der Waals surface area (Å²) in [4.78, 5) is 6.10. The van der Waals surface area contributed by atoms with Gasteiger partial charge in [0.25, 0.3) is 0 Å². The van der Waals surface area contributed by atoms with Gasteiger partial charge in [-0.25, -0.2) is 21.8 Å². The average molecular weight is 449 g/mol. The van der Waals surface area contributed by atoms with Gasteiger partial charge in [-0.2, -0.15) is 0 Å². The van der Waals surface area contributed by atoms with E-state index < -0.39 is 19.7 Å². The molecular formula is C20H20N2O4S3. The van der Waals surface area contributed by atoms with Gasteiger partial charge in [0.2, 0.25) is 24.0 Å². The van der Waals surface area contributed by atoms with Crippen molar-refractivity contribution >= 4 is 36.0 Å². The van der Waals surface area contributed by atoms with Crippen molar-refractivity contribution in [3.05, 3.63) is 65.2 Å². The summed E-state index contributed by atoms with van der Waals surface area (Å²) >= 11 is 0.920. The second-order valence-electron chi connectivity index (χ2n) is 7.12. The molecule has 152 valence electrons. The molecule has 0 spiro atoms. The van der Waals surface area contributed by atoms with Crippen LogP contribution in [0.3, 0.4) is 0 Å².